The number of nitrogens with zero attached hydrogens (tertiary/aromatic N) is 1. The predicted octanol–water partition coefficient (Wildman–Crippen LogP) is 3.66. The van der Waals surface area contributed by atoms with Crippen molar-refractivity contribution in [1.29, 1.82) is 0 Å². The van der Waals surface area contributed by atoms with Gasteiger partial charge in [-0.1, -0.05) is 29.8 Å². The second-order valence-corrected chi connectivity index (χ2v) is 6.33. The van der Waals surface area contributed by atoms with Crippen LogP contribution in [0.2, 0.25) is 0 Å². The molecule has 2 rings (SSSR count). The molecule has 0 atom stereocenters. The number of benzene rings is 2. The van der Waals surface area contributed by atoms with Crippen LogP contribution in [0.3, 0.4) is 0 Å². The normalized spacial score (nSPS) is 11.1. The van der Waals surface area contributed by atoms with Gasteiger partial charge in [0.25, 0.3) is 0 Å². The first kappa shape index (κ1) is 21.3. The Labute approximate surface area is 161 Å². The molecule has 8 heteroatoms. The highest BCUT2D eigenvalue weighted by Crippen LogP contribution is 2.34. The highest BCUT2D eigenvalue weighted by atomic mass is 19.4. The first-order valence-corrected chi connectivity index (χ1v) is 8.45. The number of nitrogens with one attached hydrogen (secondary N) is 1. The van der Waals surface area contributed by atoms with Crippen molar-refractivity contribution in [2.24, 2.45) is 0 Å². The third kappa shape index (κ3) is 5.48. The van der Waals surface area contributed by atoms with Crippen molar-refractivity contribution in [2.45, 2.75) is 19.5 Å². The molecule has 28 heavy (non-hydrogen) atoms. The molecule has 2 aromatic rings. The van der Waals surface area contributed by atoms with E-state index in [1.807, 2.05) is 19.1 Å². The van der Waals surface area contributed by atoms with E-state index in [4.69, 9.17) is 4.74 Å². The molecule has 0 aliphatic rings. The van der Waals surface area contributed by atoms with Gasteiger partial charge in [-0.25, -0.2) is 0 Å². The summed E-state index contributed by atoms with van der Waals surface area (Å²) < 4.78 is 44.3. The van der Waals surface area contributed by atoms with Gasteiger partial charge >= 0.3 is 6.18 Å². The van der Waals surface area contributed by atoms with Gasteiger partial charge in [-0.2, -0.15) is 13.2 Å². The van der Waals surface area contributed by atoms with Gasteiger partial charge in [0.05, 0.1) is 31.3 Å². The first-order valence-electron chi connectivity index (χ1n) is 8.45. The van der Waals surface area contributed by atoms with Crippen molar-refractivity contribution in [2.75, 3.05) is 26.0 Å². The molecule has 0 aromatic heterocycles. The topological polar surface area (TPSA) is 58.6 Å². The number of amides is 2. The summed E-state index contributed by atoms with van der Waals surface area (Å²) in [4.78, 5) is 25.7. The predicted molar refractivity (Wildman–Crippen MR) is 99.1 cm³/mol. The Kier molecular flexibility index (Phi) is 6.66. The maximum absolute atomic E-state index is 13.0. The Balaban J connectivity index is 2.03. The number of rotatable bonds is 6. The molecule has 0 saturated heterocycles. The van der Waals surface area contributed by atoms with Gasteiger partial charge < -0.3 is 15.0 Å². The van der Waals surface area contributed by atoms with Crippen molar-refractivity contribution in [3.05, 3.63) is 59.2 Å². The fourth-order valence-electron chi connectivity index (χ4n) is 2.68. The van der Waals surface area contributed by atoms with Crippen LogP contribution in [0.25, 0.3) is 0 Å². The number of anilines is 1. The Bertz CT molecular complexity index is 866. The standard InChI is InChI=1S/C20H21F3N2O3/c1-13-8-9-17(28-3)14(10-13)11-19(27)25(2)12-18(26)24-16-7-5-4-6-15(16)20(21,22)23/h4-10H,11-12H2,1-3H3,(H,24,26). The summed E-state index contributed by atoms with van der Waals surface area (Å²) in [7, 11) is 2.91. The zero-order valence-corrected chi connectivity index (χ0v) is 15.8. The Morgan fingerprint density at radius 3 is 2.46 bits per heavy atom. The molecular formula is C20H21F3N2O3. The molecule has 0 saturated carbocycles. The number of likely N-dealkylation sites (N-methyl/N-ethyl adjacent to an activating group) is 1. The summed E-state index contributed by atoms with van der Waals surface area (Å²) in [6.07, 6.45) is -4.58. The average molecular weight is 394 g/mol. The monoisotopic (exact) mass is 394 g/mol. The molecule has 1 N–H and O–H groups in total. The Morgan fingerprint density at radius 1 is 1.14 bits per heavy atom. The number of aryl methyl sites for hydroxylation is 1. The lowest BCUT2D eigenvalue weighted by atomic mass is 10.1. The van der Waals surface area contributed by atoms with Gasteiger partial charge in [-0.3, -0.25) is 9.59 Å². The molecule has 0 heterocycles. The van der Waals surface area contributed by atoms with Crippen LogP contribution in [-0.2, 0) is 22.2 Å². The lowest BCUT2D eigenvalue weighted by Gasteiger charge is -2.19. The minimum atomic E-state index is -4.59. The largest absolute Gasteiger partial charge is 0.496 e. The number of hydrogen-bond donors (Lipinski definition) is 1. The third-order valence-electron chi connectivity index (χ3n) is 4.09. The van der Waals surface area contributed by atoms with E-state index >= 15 is 0 Å². The van der Waals surface area contributed by atoms with E-state index < -0.39 is 17.6 Å². The van der Waals surface area contributed by atoms with Crippen molar-refractivity contribution in [3.63, 3.8) is 0 Å². The summed E-state index contributed by atoms with van der Waals surface area (Å²) in [5, 5.41) is 2.22. The van der Waals surface area contributed by atoms with E-state index in [1.54, 1.807) is 6.07 Å². The summed E-state index contributed by atoms with van der Waals surface area (Å²) >= 11 is 0. The molecule has 0 aliphatic heterocycles. The number of carbonyl (C=O) groups is 2. The molecule has 0 bridgehead atoms. The molecule has 0 unspecified atom stereocenters. The van der Waals surface area contributed by atoms with Gasteiger partial charge in [-0.05, 0) is 25.1 Å². The number of alkyl halides is 3. The minimum absolute atomic E-state index is 0.00771. The van der Waals surface area contributed by atoms with Crippen LogP contribution in [0.5, 0.6) is 5.75 Å². The molecule has 0 fully saturated rings. The summed E-state index contributed by atoms with van der Waals surface area (Å²) in [5.41, 5.74) is 0.331. The van der Waals surface area contributed by atoms with Gasteiger partial charge in [0, 0.05) is 12.6 Å². The van der Waals surface area contributed by atoms with Crippen LogP contribution < -0.4 is 10.1 Å². The number of methoxy groups -OCH3 is 1. The maximum atomic E-state index is 13.0. The SMILES string of the molecule is COc1ccc(C)cc1CC(=O)N(C)CC(=O)Nc1ccccc1C(F)(F)F. The lowest BCUT2D eigenvalue weighted by molar-refractivity contribution is -0.137. The molecule has 2 aromatic carbocycles. The highest BCUT2D eigenvalue weighted by molar-refractivity contribution is 5.95. The van der Waals surface area contributed by atoms with Crippen LogP contribution in [0.1, 0.15) is 16.7 Å². The average Bonchev–Trinajstić information content (AvgIpc) is 2.61. The van der Waals surface area contributed by atoms with E-state index in [-0.39, 0.29) is 24.6 Å². The van der Waals surface area contributed by atoms with Crippen LogP contribution in [0.15, 0.2) is 42.5 Å². The fourth-order valence-corrected chi connectivity index (χ4v) is 2.68. The minimum Gasteiger partial charge on any atom is -0.496 e. The number of carbonyl (C=O) groups excluding carboxylic acids is 2. The van der Waals surface area contributed by atoms with Gasteiger partial charge in [0.15, 0.2) is 0 Å². The van der Waals surface area contributed by atoms with E-state index in [1.165, 1.54) is 32.4 Å². The molecule has 0 spiro atoms. The second-order valence-electron chi connectivity index (χ2n) is 6.33. The zero-order valence-electron chi connectivity index (χ0n) is 15.8. The van der Waals surface area contributed by atoms with E-state index in [9.17, 15) is 22.8 Å². The number of para-hydroxylation sites is 1. The van der Waals surface area contributed by atoms with Crippen LogP contribution in [-0.4, -0.2) is 37.4 Å². The van der Waals surface area contributed by atoms with Gasteiger partial charge in [0.1, 0.15) is 5.75 Å². The summed E-state index contributed by atoms with van der Waals surface area (Å²) in [6, 6.07) is 10.1. The Hall–Kier alpha value is -3.03. The van der Waals surface area contributed by atoms with Crippen molar-refractivity contribution >= 4 is 17.5 Å². The van der Waals surface area contributed by atoms with Crippen molar-refractivity contribution in [1.82, 2.24) is 4.90 Å². The van der Waals surface area contributed by atoms with Crippen molar-refractivity contribution < 1.29 is 27.5 Å². The van der Waals surface area contributed by atoms with Crippen molar-refractivity contribution in [3.8, 4) is 5.75 Å². The maximum Gasteiger partial charge on any atom is 0.418 e. The third-order valence-corrected chi connectivity index (χ3v) is 4.09. The summed E-state index contributed by atoms with van der Waals surface area (Å²) in [6.45, 7) is 1.50. The Morgan fingerprint density at radius 2 is 1.82 bits per heavy atom. The highest BCUT2D eigenvalue weighted by Gasteiger charge is 2.33. The molecule has 150 valence electrons. The van der Waals surface area contributed by atoms with Crippen LogP contribution in [0, 0.1) is 6.92 Å². The molecule has 2 amide bonds. The summed E-state index contributed by atoms with van der Waals surface area (Å²) in [5.74, 6) is -0.525. The molecule has 0 radical (unpaired) electrons. The second kappa shape index (κ2) is 8.77. The number of ether oxygens (including phenoxy) is 1. The zero-order chi connectivity index (χ0) is 20.9. The fraction of sp³-hybridized carbons (Fsp3) is 0.300. The van der Waals surface area contributed by atoms with Gasteiger partial charge in [-0.15, -0.1) is 0 Å². The lowest BCUT2D eigenvalue weighted by Crippen LogP contribution is -2.36. The van der Waals surface area contributed by atoms with E-state index in [0.29, 0.717) is 11.3 Å². The molecule has 5 nitrogen and oxygen atoms in total. The number of halogens is 3. The van der Waals surface area contributed by atoms with E-state index in [2.05, 4.69) is 5.32 Å². The molecular weight excluding hydrogens is 373 g/mol. The number of hydrogen-bond acceptors (Lipinski definition) is 3. The quantitative estimate of drug-likeness (QED) is 0.814. The van der Waals surface area contributed by atoms with Crippen LogP contribution >= 0.6 is 0 Å². The van der Waals surface area contributed by atoms with E-state index in [0.717, 1.165) is 16.5 Å². The smallest absolute Gasteiger partial charge is 0.418 e. The van der Waals surface area contributed by atoms with Crippen LogP contribution in [0.4, 0.5) is 18.9 Å². The van der Waals surface area contributed by atoms with Gasteiger partial charge in [0.2, 0.25) is 11.8 Å². The first-order chi connectivity index (χ1) is 13.1. The molecule has 0 aliphatic carbocycles.